The Morgan fingerprint density at radius 1 is 1.53 bits per heavy atom. The van der Waals surface area contributed by atoms with Gasteiger partial charge in [0.25, 0.3) is 0 Å². The van der Waals surface area contributed by atoms with Crippen LogP contribution in [-0.4, -0.2) is 26.2 Å². The number of aromatic nitrogens is 4. The van der Waals surface area contributed by atoms with E-state index in [1.54, 1.807) is 13.0 Å². The first kappa shape index (κ1) is 9.38. The lowest BCUT2D eigenvalue weighted by Crippen LogP contribution is -2.06. The molecule has 7 nitrogen and oxygen atoms in total. The molecule has 0 atom stereocenters. The number of carbonyl (C=O) groups is 1. The number of aromatic amines is 1. The van der Waals surface area contributed by atoms with Gasteiger partial charge in [-0.1, -0.05) is 5.16 Å². The van der Waals surface area contributed by atoms with E-state index in [2.05, 4.69) is 25.7 Å². The molecule has 0 fully saturated rings. The number of nitrogens with zero attached hydrogens (tertiary/aromatic N) is 3. The molecular weight excluding hydrogens is 198 g/mol. The highest BCUT2D eigenvalue weighted by Crippen LogP contribution is 2.16. The Morgan fingerprint density at radius 2 is 2.33 bits per heavy atom. The maximum absolute atomic E-state index is 10.7. The van der Waals surface area contributed by atoms with Gasteiger partial charge in [0.05, 0.1) is 5.69 Å². The van der Waals surface area contributed by atoms with Gasteiger partial charge in [-0.25, -0.2) is 0 Å². The minimum absolute atomic E-state index is 0.216. The lowest BCUT2D eigenvalue weighted by Gasteiger charge is -1.91. The second-order valence-corrected chi connectivity index (χ2v) is 3.04. The summed E-state index contributed by atoms with van der Waals surface area (Å²) in [5.41, 5.74) is 0.752. The van der Waals surface area contributed by atoms with Crippen molar-refractivity contribution in [3.63, 3.8) is 0 Å². The fourth-order valence-corrected chi connectivity index (χ4v) is 1.07. The number of carbonyl (C=O) groups excluding carboxylic acids is 1. The van der Waals surface area contributed by atoms with Crippen LogP contribution in [0, 0.1) is 6.92 Å². The summed E-state index contributed by atoms with van der Waals surface area (Å²) in [7, 11) is 0. The fraction of sp³-hybridized carbons (Fsp3) is 0.250. The van der Waals surface area contributed by atoms with Crippen molar-refractivity contribution in [1.29, 1.82) is 0 Å². The molecule has 2 aromatic heterocycles. The molecule has 7 heteroatoms. The second kappa shape index (κ2) is 3.52. The van der Waals surface area contributed by atoms with E-state index in [4.69, 9.17) is 4.52 Å². The van der Waals surface area contributed by atoms with Gasteiger partial charge in [0.2, 0.25) is 23.4 Å². The average Bonchev–Trinajstić information content (AvgIpc) is 2.72. The van der Waals surface area contributed by atoms with E-state index in [1.165, 1.54) is 6.92 Å². The van der Waals surface area contributed by atoms with E-state index in [9.17, 15) is 4.79 Å². The first-order chi connectivity index (χ1) is 7.15. The second-order valence-electron chi connectivity index (χ2n) is 3.04. The summed E-state index contributed by atoms with van der Waals surface area (Å²) in [6.45, 7) is 3.19. The Hall–Kier alpha value is -2.18. The van der Waals surface area contributed by atoms with Gasteiger partial charge in [0.1, 0.15) is 0 Å². The molecule has 0 spiro atoms. The molecule has 0 aliphatic rings. The fourth-order valence-electron chi connectivity index (χ4n) is 1.07. The van der Waals surface area contributed by atoms with Crippen LogP contribution >= 0.6 is 0 Å². The van der Waals surface area contributed by atoms with E-state index < -0.39 is 0 Å². The smallest absolute Gasteiger partial charge is 0.228 e. The highest BCUT2D eigenvalue weighted by molar-refractivity contribution is 5.86. The number of hydrogen-bond donors (Lipinski definition) is 2. The SMILES string of the molecule is CC(=O)Nc1nnc(-c2cc(C)no2)[nH]1. The van der Waals surface area contributed by atoms with Crippen LogP contribution in [0.4, 0.5) is 5.95 Å². The van der Waals surface area contributed by atoms with Gasteiger partial charge < -0.3 is 9.51 Å². The lowest BCUT2D eigenvalue weighted by atomic mass is 10.4. The number of aryl methyl sites for hydroxylation is 1. The van der Waals surface area contributed by atoms with E-state index in [1.807, 2.05) is 0 Å². The van der Waals surface area contributed by atoms with E-state index in [0.717, 1.165) is 5.69 Å². The number of anilines is 1. The van der Waals surface area contributed by atoms with Crippen LogP contribution < -0.4 is 5.32 Å². The summed E-state index contributed by atoms with van der Waals surface area (Å²) in [5, 5.41) is 13.7. The first-order valence-electron chi connectivity index (χ1n) is 4.29. The van der Waals surface area contributed by atoms with Crippen molar-refractivity contribution in [3.05, 3.63) is 11.8 Å². The zero-order valence-electron chi connectivity index (χ0n) is 8.24. The standard InChI is InChI=1S/C8H9N5O2/c1-4-3-6(15-13-4)7-10-8(12-11-7)9-5(2)14/h3H,1-2H3,(H2,9,10,11,12,14). The Kier molecular flexibility index (Phi) is 2.20. The summed E-state index contributed by atoms with van der Waals surface area (Å²) in [6.07, 6.45) is 0. The van der Waals surface area contributed by atoms with Gasteiger partial charge >= 0.3 is 0 Å². The molecule has 2 N–H and O–H groups in total. The molecule has 0 aromatic carbocycles. The quantitative estimate of drug-likeness (QED) is 0.756. The number of nitrogens with one attached hydrogen (secondary N) is 2. The predicted molar refractivity (Wildman–Crippen MR) is 50.9 cm³/mol. The number of rotatable bonds is 2. The molecule has 78 valence electrons. The molecule has 0 saturated heterocycles. The minimum Gasteiger partial charge on any atom is -0.353 e. The van der Waals surface area contributed by atoms with Gasteiger partial charge in [-0.15, -0.1) is 10.2 Å². The monoisotopic (exact) mass is 207 g/mol. The maximum Gasteiger partial charge on any atom is 0.228 e. The van der Waals surface area contributed by atoms with Crippen LogP contribution in [0.2, 0.25) is 0 Å². The Balaban J connectivity index is 2.23. The van der Waals surface area contributed by atoms with Crippen molar-refractivity contribution in [2.24, 2.45) is 0 Å². The van der Waals surface area contributed by atoms with Crippen LogP contribution in [0.15, 0.2) is 10.6 Å². The average molecular weight is 207 g/mol. The van der Waals surface area contributed by atoms with Gasteiger partial charge in [-0.2, -0.15) is 0 Å². The molecule has 0 bridgehead atoms. The summed E-state index contributed by atoms with van der Waals surface area (Å²) in [6, 6.07) is 1.72. The minimum atomic E-state index is -0.216. The Morgan fingerprint density at radius 3 is 2.93 bits per heavy atom. The highest BCUT2D eigenvalue weighted by Gasteiger charge is 2.10. The summed E-state index contributed by atoms with van der Waals surface area (Å²) < 4.78 is 4.97. The van der Waals surface area contributed by atoms with E-state index in [0.29, 0.717) is 11.6 Å². The van der Waals surface area contributed by atoms with Crippen LogP contribution in [0.3, 0.4) is 0 Å². The highest BCUT2D eigenvalue weighted by atomic mass is 16.5. The van der Waals surface area contributed by atoms with Crippen molar-refractivity contribution in [2.45, 2.75) is 13.8 Å². The van der Waals surface area contributed by atoms with Crippen LogP contribution in [-0.2, 0) is 4.79 Å². The van der Waals surface area contributed by atoms with Crippen molar-refractivity contribution < 1.29 is 9.32 Å². The molecule has 2 rings (SSSR count). The number of amides is 1. The first-order valence-corrected chi connectivity index (χ1v) is 4.29. The normalized spacial score (nSPS) is 10.3. The third kappa shape index (κ3) is 2.01. The molecule has 1 amide bonds. The molecule has 2 aromatic rings. The zero-order chi connectivity index (χ0) is 10.8. The van der Waals surface area contributed by atoms with Crippen LogP contribution in [0.5, 0.6) is 0 Å². The molecule has 0 unspecified atom stereocenters. The molecule has 0 radical (unpaired) electrons. The summed E-state index contributed by atoms with van der Waals surface area (Å²) in [4.78, 5) is 13.5. The van der Waals surface area contributed by atoms with E-state index in [-0.39, 0.29) is 11.9 Å². The largest absolute Gasteiger partial charge is 0.353 e. The van der Waals surface area contributed by atoms with Crippen LogP contribution in [0.1, 0.15) is 12.6 Å². The van der Waals surface area contributed by atoms with Gasteiger partial charge in [-0.05, 0) is 6.92 Å². The molecule has 0 saturated carbocycles. The third-order valence-corrected chi connectivity index (χ3v) is 1.64. The van der Waals surface area contributed by atoms with Gasteiger partial charge in [0.15, 0.2) is 0 Å². The Bertz CT molecular complexity index is 487. The van der Waals surface area contributed by atoms with Gasteiger partial charge in [-0.3, -0.25) is 10.1 Å². The summed E-state index contributed by atoms with van der Waals surface area (Å²) in [5.74, 6) is 0.981. The molecular formula is C8H9N5O2. The molecule has 0 aliphatic carbocycles. The molecule has 2 heterocycles. The predicted octanol–water partition coefficient (Wildman–Crippen LogP) is 0.727. The van der Waals surface area contributed by atoms with Crippen LogP contribution in [0.25, 0.3) is 11.6 Å². The van der Waals surface area contributed by atoms with Crippen molar-refractivity contribution in [2.75, 3.05) is 5.32 Å². The van der Waals surface area contributed by atoms with Crippen molar-refractivity contribution in [1.82, 2.24) is 20.3 Å². The summed E-state index contributed by atoms with van der Waals surface area (Å²) >= 11 is 0. The molecule has 0 aliphatic heterocycles. The van der Waals surface area contributed by atoms with Crippen molar-refractivity contribution >= 4 is 11.9 Å². The number of hydrogen-bond acceptors (Lipinski definition) is 5. The van der Waals surface area contributed by atoms with E-state index >= 15 is 0 Å². The third-order valence-electron chi connectivity index (χ3n) is 1.64. The number of H-pyrrole nitrogens is 1. The topological polar surface area (TPSA) is 96.7 Å². The lowest BCUT2D eigenvalue weighted by molar-refractivity contribution is -0.114. The zero-order valence-corrected chi connectivity index (χ0v) is 8.24. The van der Waals surface area contributed by atoms with Gasteiger partial charge in [0, 0.05) is 13.0 Å². The molecule has 15 heavy (non-hydrogen) atoms. The van der Waals surface area contributed by atoms with Crippen molar-refractivity contribution in [3.8, 4) is 11.6 Å². The Labute approximate surface area is 84.9 Å². The maximum atomic E-state index is 10.7.